The predicted octanol–water partition coefficient (Wildman–Crippen LogP) is 2.78. The molecule has 1 aliphatic heterocycles. The third-order valence-electron chi connectivity index (χ3n) is 4.54. The summed E-state index contributed by atoms with van der Waals surface area (Å²) in [6, 6.07) is 12.8. The Kier molecular flexibility index (Phi) is 5.50. The molecule has 0 spiro atoms. The topological polar surface area (TPSA) is 88.4 Å². The van der Waals surface area contributed by atoms with Crippen molar-refractivity contribution in [2.24, 2.45) is 0 Å². The maximum absolute atomic E-state index is 12.8. The summed E-state index contributed by atoms with van der Waals surface area (Å²) < 4.78 is 11.0. The molecule has 3 aromatic rings. The van der Waals surface area contributed by atoms with Gasteiger partial charge in [0.2, 0.25) is 0 Å². The Morgan fingerprint density at radius 1 is 1.21 bits per heavy atom. The van der Waals surface area contributed by atoms with E-state index in [9.17, 15) is 4.79 Å². The van der Waals surface area contributed by atoms with Gasteiger partial charge >= 0.3 is 0 Å². The van der Waals surface area contributed by atoms with E-state index in [1.807, 2.05) is 24.3 Å². The van der Waals surface area contributed by atoms with Crippen LogP contribution in [-0.2, 0) is 4.74 Å². The number of hydrazine groups is 1. The highest BCUT2D eigenvalue weighted by molar-refractivity contribution is 7.80. The number of hydrogen-bond acceptors (Lipinski definition) is 5. The lowest BCUT2D eigenvalue weighted by molar-refractivity contribution is 0.0944. The number of furan rings is 1. The molecule has 0 radical (unpaired) electrons. The standard InChI is InChI=1S/C20H20N4O3S/c25-19(23-24-20(28)21-12-13-5-3-9-26-13)15-11-17(18-8-4-10-27-18)22-16-7-2-1-6-14(15)16/h1-2,4,6-8,10-11,13H,3,5,9,12H2,(H,23,25)(H2,21,24,28). The Morgan fingerprint density at radius 3 is 2.89 bits per heavy atom. The fraction of sp³-hybridized carbons (Fsp3) is 0.250. The lowest BCUT2D eigenvalue weighted by Gasteiger charge is -2.15. The molecule has 1 saturated heterocycles. The number of pyridine rings is 1. The summed E-state index contributed by atoms with van der Waals surface area (Å²) in [6.07, 6.45) is 3.82. The highest BCUT2D eigenvalue weighted by Crippen LogP contribution is 2.25. The van der Waals surface area contributed by atoms with Crippen LogP contribution >= 0.6 is 12.2 Å². The van der Waals surface area contributed by atoms with Crippen LogP contribution in [0.25, 0.3) is 22.4 Å². The van der Waals surface area contributed by atoms with Gasteiger partial charge in [0.05, 0.1) is 23.4 Å². The first kappa shape index (κ1) is 18.4. The summed E-state index contributed by atoms with van der Waals surface area (Å²) in [6.45, 7) is 1.40. The molecular formula is C20H20N4O3S. The number of amides is 1. The summed E-state index contributed by atoms with van der Waals surface area (Å²) in [4.78, 5) is 17.4. The Hall–Kier alpha value is -2.97. The smallest absolute Gasteiger partial charge is 0.270 e. The Morgan fingerprint density at radius 2 is 2.11 bits per heavy atom. The molecular weight excluding hydrogens is 376 g/mol. The molecule has 1 aromatic carbocycles. The maximum Gasteiger partial charge on any atom is 0.270 e. The monoisotopic (exact) mass is 396 g/mol. The SMILES string of the molecule is O=C(NNC(=S)NCC1CCCO1)c1cc(-c2ccco2)nc2ccccc12. The van der Waals surface area contributed by atoms with Gasteiger partial charge in [-0.05, 0) is 49.3 Å². The molecule has 0 bridgehead atoms. The van der Waals surface area contributed by atoms with Crippen molar-refractivity contribution in [1.82, 2.24) is 21.2 Å². The van der Waals surface area contributed by atoms with E-state index in [0.717, 1.165) is 24.8 Å². The fourth-order valence-electron chi connectivity index (χ4n) is 3.15. The van der Waals surface area contributed by atoms with Gasteiger partial charge in [-0.2, -0.15) is 0 Å². The lowest BCUT2D eigenvalue weighted by Crippen LogP contribution is -2.48. The number of benzene rings is 1. The molecule has 1 amide bonds. The number of rotatable bonds is 4. The number of hydrogen-bond donors (Lipinski definition) is 3. The van der Waals surface area contributed by atoms with Gasteiger partial charge in [0.25, 0.3) is 5.91 Å². The van der Waals surface area contributed by atoms with Crippen LogP contribution in [0.15, 0.2) is 53.1 Å². The molecule has 1 fully saturated rings. The van der Waals surface area contributed by atoms with E-state index < -0.39 is 0 Å². The van der Waals surface area contributed by atoms with Crippen LogP contribution in [0, 0.1) is 0 Å². The first-order valence-electron chi connectivity index (χ1n) is 9.10. The van der Waals surface area contributed by atoms with Crippen molar-refractivity contribution in [3.63, 3.8) is 0 Å². The highest BCUT2D eigenvalue weighted by Gasteiger charge is 2.17. The van der Waals surface area contributed by atoms with Crippen LogP contribution in [0.3, 0.4) is 0 Å². The van der Waals surface area contributed by atoms with Crippen molar-refractivity contribution in [2.45, 2.75) is 18.9 Å². The number of thiocarbonyl (C=S) groups is 1. The van der Waals surface area contributed by atoms with Gasteiger partial charge in [-0.25, -0.2) is 4.98 Å². The second kappa shape index (κ2) is 8.37. The molecule has 1 atom stereocenters. The minimum atomic E-state index is -0.312. The number of carbonyl (C=O) groups is 1. The second-order valence-electron chi connectivity index (χ2n) is 6.47. The molecule has 28 heavy (non-hydrogen) atoms. The number of para-hydroxylation sites is 1. The summed E-state index contributed by atoms with van der Waals surface area (Å²) in [5.41, 5.74) is 7.17. The van der Waals surface area contributed by atoms with E-state index in [1.165, 1.54) is 0 Å². The minimum absolute atomic E-state index is 0.162. The number of nitrogens with zero attached hydrogens (tertiary/aromatic N) is 1. The van der Waals surface area contributed by atoms with E-state index in [0.29, 0.717) is 34.2 Å². The molecule has 144 valence electrons. The summed E-state index contributed by atoms with van der Waals surface area (Å²) in [7, 11) is 0. The van der Waals surface area contributed by atoms with Crippen LogP contribution in [0.1, 0.15) is 23.2 Å². The van der Waals surface area contributed by atoms with Crippen molar-refractivity contribution in [1.29, 1.82) is 0 Å². The van der Waals surface area contributed by atoms with Crippen molar-refractivity contribution < 1.29 is 13.9 Å². The Balaban J connectivity index is 1.47. The maximum atomic E-state index is 12.8. The molecule has 8 heteroatoms. The zero-order valence-electron chi connectivity index (χ0n) is 15.1. The zero-order chi connectivity index (χ0) is 19.3. The number of nitrogens with one attached hydrogen (secondary N) is 3. The van der Waals surface area contributed by atoms with Gasteiger partial charge < -0.3 is 14.5 Å². The first-order chi connectivity index (χ1) is 13.7. The normalized spacial score (nSPS) is 16.1. The van der Waals surface area contributed by atoms with Crippen LogP contribution < -0.4 is 16.2 Å². The van der Waals surface area contributed by atoms with E-state index in [2.05, 4.69) is 21.2 Å². The third kappa shape index (κ3) is 4.13. The largest absolute Gasteiger partial charge is 0.463 e. The summed E-state index contributed by atoms with van der Waals surface area (Å²) in [5.74, 6) is 0.286. The lowest BCUT2D eigenvalue weighted by atomic mass is 10.1. The quantitative estimate of drug-likeness (QED) is 0.462. The molecule has 1 unspecified atom stereocenters. The minimum Gasteiger partial charge on any atom is -0.463 e. The summed E-state index contributed by atoms with van der Waals surface area (Å²) >= 11 is 5.22. The molecule has 3 heterocycles. The van der Waals surface area contributed by atoms with Gasteiger partial charge in [-0.3, -0.25) is 15.6 Å². The fourth-order valence-corrected chi connectivity index (χ4v) is 3.29. The molecule has 0 aliphatic carbocycles. The van der Waals surface area contributed by atoms with Crippen molar-refractivity contribution in [3.05, 3.63) is 54.3 Å². The van der Waals surface area contributed by atoms with Gasteiger partial charge in [-0.15, -0.1) is 0 Å². The van der Waals surface area contributed by atoms with Gasteiger partial charge in [0.1, 0.15) is 5.69 Å². The molecule has 7 nitrogen and oxygen atoms in total. The highest BCUT2D eigenvalue weighted by atomic mass is 32.1. The van der Waals surface area contributed by atoms with Crippen molar-refractivity contribution in [2.75, 3.05) is 13.2 Å². The predicted molar refractivity (Wildman–Crippen MR) is 110 cm³/mol. The molecule has 2 aromatic heterocycles. The van der Waals surface area contributed by atoms with Gasteiger partial charge in [0.15, 0.2) is 10.9 Å². The number of aromatic nitrogens is 1. The average molecular weight is 396 g/mol. The average Bonchev–Trinajstić information content (AvgIpc) is 3.43. The van der Waals surface area contributed by atoms with E-state index in [1.54, 1.807) is 24.5 Å². The third-order valence-corrected chi connectivity index (χ3v) is 4.78. The Labute approximate surface area is 167 Å². The van der Waals surface area contributed by atoms with Crippen molar-refractivity contribution in [3.8, 4) is 11.5 Å². The van der Waals surface area contributed by atoms with Crippen molar-refractivity contribution >= 4 is 34.1 Å². The number of carbonyl (C=O) groups excluding carboxylic acids is 1. The second-order valence-corrected chi connectivity index (χ2v) is 6.88. The van der Waals surface area contributed by atoms with Gasteiger partial charge in [-0.1, -0.05) is 18.2 Å². The van der Waals surface area contributed by atoms with E-state index in [4.69, 9.17) is 21.4 Å². The van der Waals surface area contributed by atoms with Crippen LogP contribution in [-0.4, -0.2) is 35.3 Å². The summed E-state index contributed by atoms with van der Waals surface area (Å²) in [5, 5.41) is 4.14. The number of ether oxygens (including phenoxy) is 1. The Bertz CT molecular complexity index is 984. The molecule has 0 saturated carbocycles. The zero-order valence-corrected chi connectivity index (χ0v) is 15.9. The van der Waals surface area contributed by atoms with Gasteiger partial charge in [0, 0.05) is 18.5 Å². The molecule has 3 N–H and O–H groups in total. The first-order valence-corrected chi connectivity index (χ1v) is 9.51. The number of fused-ring (bicyclic) bond motifs is 1. The van der Waals surface area contributed by atoms with Crippen LogP contribution in [0.2, 0.25) is 0 Å². The van der Waals surface area contributed by atoms with E-state index >= 15 is 0 Å². The molecule has 4 rings (SSSR count). The van der Waals surface area contributed by atoms with Crippen LogP contribution in [0.5, 0.6) is 0 Å². The van der Waals surface area contributed by atoms with E-state index in [-0.39, 0.29) is 12.0 Å². The van der Waals surface area contributed by atoms with Crippen LogP contribution in [0.4, 0.5) is 0 Å². The molecule has 1 aliphatic rings.